The van der Waals surface area contributed by atoms with Crippen LogP contribution >= 0.6 is 0 Å². The molecule has 0 atom stereocenters. The quantitative estimate of drug-likeness (QED) is 0.641. The van der Waals surface area contributed by atoms with Crippen molar-refractivity contribution in [2.75, 3.05) is 24.9 Å². The van der Waals surface area contributed by atoms with E-state index in [4.69, 9.17) is 9.47 Å². The van der Waals surface area contributed by atoms with Gasteiger partial charge >= 0.3 is 0 Å². The standard InChI is InChI=1S/C24H28N2O4/c1-29-21-13-11-17(15-22(21)30-2)12-14-23(27)25-19-9-6-10-20(16-19)26-24(28)18-7-4-3-5-8-18/h6,9-16,18H,3-5,7-8H2,1-2H3,(H,25,27)(H,26,28)/b14-12+. The smallest absolute Gasteiger partial charge is 0.248 e. The van der Waals surface area contributed by atoms with Crippen molar-refractivity contribution in [2.24, 2.45) is 5.92 Å². The van der Waals surface area contributed by atoms with Gasteiger partial charge in [0.15, 0.2) is 11.5 Å². The van der Waals surface area contributed by atoms with E-state index in [-0.39, 0.29) is 17.7 Å². The molecule has 0 radical (unpaired) electrons. The van der Waals surface area contributed by atoms with Crippen LogP contribution in [0.3, 0.4) is 0 Å². The van der Waals surface area contributed by atoms with Gasteiger partial charge in [0.2, 0.25) is 11.8 Å². The normalized spacial score (nSPS) is 14.3. The van der Waals surface area contributed by atoms with Gasteiger partial charge in [-0.2, -0.15) is 0 Å². The number of carbonyl (C=O) groups excluding carboxylic acids is 2. The number of hydrogen-bond acceptors (Lipinski definition) is 4. The highest BCUT2D eigenvalue weighted by molar-refractivity contribution is 6.02. The van der Waals surface area contributed by atoms with Crippen molar-refractivity contribution < 1.29 is 19.1 Å². The minimum absolute atomic E-state index is 0.0616. The van der Waals surface area contributed by atoms with Crippen LogP contribution in [0.2, 0.25) is 0 Å². The van der Waals surface area contributed by atoms with Gasteiger partial charge < -0.3 is 20.1 Å². The van der Waals surface area contributed by atoms with Gasteiger partial charge in [-0.1, -0.05) is 31.4 Å². The second kappa shape index (κ2) is 10.5. The molecule has 1 aliphatic carbocycles. The molecular formula is C24H28N2O4. The largest absolute Gasteiger partial charge is 0.493 e. The second-order valence-electron chi connectivity index (χ2n) is 7.34. The van der Waals surface area contributed by atoms with Crippen LogP contribution in [0.1, 0.15) is 37.7 Å². The first kappa shape index (κ1) is 21.4. The van der Waals surface area contributed by atoms with Crippen LogP contribution in [-0.2, 0) is 9.59 Å². The molecule has 0 unspecified atom stereocenters. The molecule has 0 saturated heterocycles. The van der Waals surface area contributed by atoms with E-state index in [0.717, 1.165) is 31.2 Å². The van der Waals surface area contributed by atoms with Gasteiger partial charge in [-0.3, -0.25) is 9.59 Å². The lowest BCUT2D eigenvalue weighted by Crippen LogP contribution is -2.24. The molecule has 0 aromatic heterocycles. The molecule has 1 saturated carbocycles. The Hall–Kier alpha value is -3.28. The average molecular weight is 408 g/mol. The molecule has 3 rings (SSSR count). The van der Waals surface area contributed by atoms with Crippen molar-refractivity contribution in [2.45, 2.75) is 32.1 Å². The maximum Gasteiger partial charge on any atom is 0.248 e. The number of amides is 2. The molecule has 1 aliphatic rings. The van der Waals surface area contributed by atoms with E-state index < -0.39 is 0 Å². The number of hydrogen-bond donors (Lipinski definition) is 2. The number of nitrogens with one attached hydrogen (secondary N) is 2. The first-order valence-corrected chi connectivity index (χ1v) is 10.2. The molecule has 2 N–H and O–H groups in total. The summed E-state index contributed by atoms with van der Waals surface area (Å²) in [6.07, 6.45) is 8.48. The number of benzene rings is 2. The Morgan fingerprint density at radius 1 is 0.900 bits per heavy atom. The van der Waals surface area contributed by atoms with Gasteiger partial charge in [-0.25, -0.2) is 0 Å². The lowest BCUT2D eigenvalue weighted by Gasteiger charge is -2.20. The molecule has 30 heavy (non-hydrogen) atoms. The Balaban J connectivity index is 1.59. The van der Waals surface area contributed by atoms with E-state index in [0.29, 0.717) is 22.9 Å². The summed E-state index contributed by atoms with van der Waals surface area (Å²) in [5.74, 6) is 1.11. The molecule has 6 heteroatoms. The third-order valence-electron chi connectivity index (χ3n) is 5.21. The van der Waals surface area contributed by atoms with Crippen molar-refractivity contribution in [3.8, 4) is 11.5 Å². The fourth-order valence-electron chi connectivity index (χ4n) is 3.60. The van der Waals surface area contributed by atoms with Gasteiger partial charge in [0.25, 0.3) is 0 Å². The highest BCUT2D eigenvalue weighted by Gasteiger charge is 2.21. The third-order valence-corrected chi connectivity index (χ3v) is 5.21. The van der Waals surface area contributed by atoms with E-state index in [9.17, 15) is 9.59 Å². The lowest BCUT2D eigenvalue weighted by atomic mass is 9.88. The maximum absolute atomic E-state index is 12.4. The maximum atomic E-state index is 12.4. The van der Waals surface area contributed by atoms with Crippen LogP contribution < -0.4 is 20.1 Å². The number of ether oxygens (including phenoxy) is 2. The topological polar surface area (TPSA) is 76.7 Å². The van der Waals surface area contributed by atoms with Gasteiger partial charge in [-0.15, -0.1) is 0 Å². The molecule has 2 aromatic carbocycles. The molecule has 6 nitrogen and oxygen atoms in total. The average Bonchev–Trinajstić information content (AvgIpc) is 2.78. The summed E-state index contributed by atoms with van der Waals surface area (Å²) in [5.41, 5.74) is 2.13. The van der Waals surface area contributed by atoms with Gasteiger partial charge in [-0.05, 0) is 54.8 Å². The highest BCUT2D eigenvalue weighted by atomic mass is 16.5. The number of carbonyl (C=O) groups is 2. The Labute approximate surface area is 177 Å². The highest BCUT2D eigenvalue weighted by Crippen LogP contribution is 2.28. The van der Waals surface area contributed by atoms with Crippen LogP contribution in [-0.4, -0.2) is 26.0 Å². The Kier molecular flexibility index (Phi) is 7.49. The molecule has 2 amide bonds. The van der Waals surface area contributed by atoms with E-state index in [2.05, 4.69) is 10.6 Å². The first-order valence-electron chi connectivity index (χ1n) is 10.2. The van der Waals surface area contributed by atoms with E-state index in [1.807, 2.05) is 18.2 Å². The zero-order valence-corrected chi connectivity index (χ0v) is 17.4. The van der Waals surface area contributed by atoms with Crippen LogP contribution in [0.4, 0.5) is 11.4 Å². The van der Waals surface area contributed by atoms with Crippen molar-refractivity contribution in [3.05, 3.63) is 54.1 Å². The van der Waals surface area contributed by atoms with Crippen molar-refractivity contribution in [1.82, 2.24) is 0 Å². The van der Waals surface area contributed by atoms with Crippen LogP contribution in [0.25, 0.3) is 6.08 Å². The summed E-state index contributed by atoms with van der Waals surface area (Å²) in [6, 6.07) is 12.6. The molecule has 0 bridgehead atoms. The zero-order chi connectivity index (χ0) is 21.3. The fourth-order valence-corrected chi connectivity index (χ4v) is 3.60. The molecule has 2 aromatic rings. The van der Waals surface area contributed by atoms with Crippen molar-refractivity contribution in [3.63, 3.8) is 0 Å². The molecule has 1 fully saturated rings. The Bertz CT molecular complexity index is 917. The molecule has 0 spiro atoms. The molecule has 0 aliphatic heterocycles. The summed E-state index contributed by atoms with van der Waals surface area (Å²) >= 11 is 0. The third kappa shape index (κ3) is 5.86. The fraction of sp³-hybridized carbons (Fsp3) is 0.333. The summed E-state index contributed by atoms with van der Waals surface area (Å²) in [5, 5.41) is 5.80. The predicted molar refractivity (Wildman–Crippen MR) is 119 cm³/mol. The Morgan fingerprint density at radius 3 is 2.30 bits per heavy atom. The summed E-state index contributed by atoms with van der Waals surface area (Å²) < 4.78 is 10.5. The minimum Gasteiger partial charge on any atom is -0.493 e. The number of methoxy groups -OCH3 is 2. The minimum atomic E-state index is -0.263. The zero-order valence-electron chi connectivity index (χ0n) is 17.4. The number of anilines is 2. The van der Waals surface area contributed by atoms with E-state index >= 15 is 0 Å². The van der Waals surface area contributed by atoms with Gasteiger partial charge in [0.1, 0.15) is 0 Å². The molecular weight excluding hydrogens is 380 g/mol. The monoisotopic (exact) mass is 408 g/mol. The number of rotatable bonds is 7. The van der Waals surface area contributed by atoms with E-state index in [1.165, 1.54) is 12.5 Å². The second-order valence-corrected chi connectivity index (χ2v) is 7.34. The van der Waals surface area contributed by atoms with Gasteiger partial charge in [0, 0.05) is 23.4 Å². The molecule has 0 heterocycles. The SMILES string of the molecule is COc1ccc(/C=C/C(=O)Nc2cccc(NC(=O)C3CCCCC3)c2)cc1OC. The van der Waals surface area contributed by atoms with Crippen LogP contribution in [0.15, 0.2) is 48.5 Å². The predicted octanol–water partition coefficient (Wildman–Crippen LogP) is 4.87. The lowest BCUT2D eigenvalue weighted by molar-refractivity contribution is -0.120. The summed E-state index contributed by atoms with van der Waals surface area (Å²) in [4.78, 5) is 24.7. The van der Waals surface area contributed by atoms with Crippen LogP contribution in [0.5, 0.6) is 11.5 Å². The van der Waals surface area contributed by atoms with E-state index in [1.54, 1.807) is 44.6 Å². The van der Waals surface area contributed by atoms with Crippen molar-refractivity contribution in [1.29, 1.82) is 0 Å². The van der Waals surface area contributed by atoms with Gasteiger partial charge in [0.05, 0.1) is 14.2 Å². The summed E-state index contributed by atoms with van der Waals surface area (Å²) in [6.45, 7) is 0. The summed E-state index contributed by atoms with van der Waals surface area (Å²) in [7, 11) is 3.14. The molecule has 158 valence electrons. The Morgan fingerprint density at radius 2 is 1.60 bits per heavy atom. The first-order chi connectivity index (χ1) is 14.6. The van der Waals surface area contributed by atoms with Crippen LogP contribution in [0, 0.1) is 5.92 Å². The van der Waals surface area contributed by atoms with Crippen molar-refractivity contribution >= 4 is 29.3 Å².